The van der Waals surface area contributed by atoms with Crippen molar-refractivity contribution in [1.29, 1.82) is 0 Å². The van der Waals surface area contributed by atoms with Crippen molar-refractivity contribution in [2.24, 2.45) is 11.1 Å². The molecular formula is C29H34N2O3. The minimum absolute atomic E-state index is 0.109. The Balaban J connectivity index is 1.68. The van der Waals surface area contributed by atoms with Crippen LogP contribution in [-0.2, 0) is 11.2 Å². The van der Waals surface area contributed by atoms with Crippen molar-refractivity contribution in [2.75, 3.05) is 6.54 Å². The number of amides is 1. The number of benzene rings is 3. The van der Waals surface area contributed by atoms with Crippen LogP contribution in [0.3, 0.4) is 0 Å². The van der Waals surface area contributed by atoms with Crippen molar-refractivity contribution in [3.05, 3.63) is 95.6 Å². The lowest BCUT2D eigenvalue weighted by atomic mass is 9.81. The molecule has 5 nitrogen and oxygen atoms in total. The van der Waals surface area contributed by atoms with Gasteiger partial charge in [-0.2, -0.15) is 0 Å². The summed E-state index contributed by atoms with van der Waals surface area (Å²) in [5.74, 6) is -1.00. The third-order valence-electron chi connectivity index (χ3n) is 5.85. The molecule has 5 heteroatoms. The summed E-state index contributed by atoms with van der Waals surface area (Å²) in [6.07, 6.45) is 1.16. The number of carboxylic acid groups (broad SMARTS) is 1. The molecule has 4 N–H and O–H groups in total. The summed E-state index contributed by atoms with van der Waals surface area (Å²) in [7, 11) is 0. The van der Waals surface area contributed by atoms with Gasteiger partial charge < -0.3 is 16.2 Å². The Bertz CT molecular complexity index is 1080. The lowest BCUT2D eigenvalue weighted by Crippen LogP contribution is -2.32. The Morgan fingerprint density at radius 2 is 1.47 bits per heavy atom. The van der Waals surface area contributed by atoms with Gasteiger partial charge in [-0.1, -0.05) is 87.5 Å². The lowest BCUT2D eigenvalue weighted by Gasteiger charge is -2.27. The summed E-state index contributed by atoms with van der Waals surface area (Å²) in [6, 6.07) is 24.9. The molecule has 0 bridgehead atoms. The first-order valence-electron chi connectivity index (χ1n) is 11.6. The van der Waals surface area contributed by atoms with Crippen molar-refractivity contribution in [1.82, 2.24) is 5.32 Å². The molecule has 0 aromatic heterocycles. The van der Waals surface area contributed by atoms with Gasteiger partial charge in [0.2, 0.25) is 0 Å². The Morgan fingerprint density at radius 1 is 0.882 bits per heavy atom. The normalized spacial score (nSPS) is 13.2. The van der Waals surface area contributed by atoms with Gasteiger partial charge in [0.15, 0.2) is 0 Å². The zero-order valence-electron chi connectivity index (χ0n) is 20.1. The molecule has 0 radical (unpaired) electrons. The highest BCUT2D eigenvalue weighted by Gasteiger charge is 2.21. The Labute approximate surface area is 202 Å². The van der Waals surface area contributed by atoms with Crippen molar-refractivity contribution in [2.45, 2.75) is 45.6 Å². The largest absolute Gasteiger partial charge is 0.480 e. The van der Waals surface area contributed by atoms with E-state index in [1.165, 1.54) is 16.7 Å². The highest BCUT2D eigenvalue weighted by molar-refractivity contribution is 5.94. The minimum atomic E-state index is -1.04. The highest BCUT2D eigenvalue weighted by atomic mass is 16.4. The van der Waals surface area contributed by atoms with Crippen LogP contribution in [-0.4, -0.2) is 29.6 Å². The van der Waals surface area contributed by atoms with Crippen molar-refractivity contribution < 1.29 is 14.7 Å². The molecule has 0 aliphatic heterocycles. The topological polar surface area (TPSA) is 92.4 Å². The average molecular weight is 459 g/mol. The summed E-state index contributed by atoms with van der Waals surface area (Å²) in [4.78, 5) is 23.7. The number of hydrogen-bond donors (Lipinski definition) is 3. The number of nitrogens with two attached hydrogens (primary N) is 1. The quantitative estimate of drug-likeness (QED) is 0.408. The Hall–Kier alpha value is -3.44. The average Bonchev–Trinajstić information content (AvgIpc) is 2.82. The summed E-state index contributed by atoms with van der Waals surface area (Å²) in [6.45, 7) is 7.16. The van der Waals surface area contributed by atoms with Gasteiger partial charge in [-0.25, -0.2) is 0 Å². The van der Waals surface area contributed by atoms with Crippen LogP contribution in [0.15, 0.2) is 78.9 Å². The predicted octanol–water partition coefficient (Wildman–Crippen LogP) is 5.26. The zero-order valence-corrected chi connectivity index (χ0v) is 20.1. The molecule has 0 aliphatic rings. The van der Waals surface area contributed by atoms with E-state index in [0.717, 1.165) is 12.0 Å². The zero-order chi connectivity index (χ0) is 24.7. The fraction of sp³-hybridized carbons (Fsp3) is 0.310. The molecule has 3 aromatic carbocycles. The summed E-state index contributed by atoms with van der Waals surface area (Å²) in [5.41, 5.74) is 10.6. The molecule has 0 unspecified atom stereocenters. The number of hydrogen-bond acceptors (Lipinski definition) is 3. The van der Waals surface area contributed by atoms with Gasteiger partial charge in [0, 0.05) is 18.0 Å². The van der Waals surface area contributed by atoms with Gasteiger partial charge in [-0.3, -0.25) is 9.59 Å². The molecule has 0 saturated heterocycles. The van der Waals surface area contributed by atoms with Gasteiger partial charge in [0.25, 0.3) is 5.91 Å². The molecule has 0 saturated carbocycles. The molecule has 3 aromatic rings. The SMILES string of the molecule is CC(C)(C)C[C@@H](CNC(=O)c1ccc(C[C@H](N)C(=O)O)cc1)c1ccc(-c2ccccc2)cc1. The molecule has 178 valence electrons. The van der Waals surface area contributed by atoms with Crippen LogP contribution in [0.1, 0.15) is 54.6 Å². The van der Waals surface area contributed by atoms with E-state index in [2.05, 4.69) is 62.5 Å². The number of nitrogens with one attached hydrogen (secondary N) is 1. The second-order valence-electron chi connectivity index (χ2n) is 10.0. The van der Waals surface area contributed by atoms with Crippen LogP contribution >= 0.6 is 0 Å². The lowest BCUT2D eigenvalue weighted by molar-refractivity contribution is -0.138. The van der Waals surface area contributed by atoms with Gasteiger partial charge in [-0.15, -0.1) is 0 Å². The van der Waals surface area contributed by atoms with Crippen LogP contribution < -0.4 is 11.1 Å². The van der Waals surface area contributed by atoms with E-state index >= 15 is 0 Å². The van der Waals surface area contributed by atoms with Crippen molar-refractivity contribution in [3.8, 4) is 11.1 Å². The van der Waals surface area contributed by atoms with E-state index in [9.17, 15) is 9.59 Å². The van der Waals surface area contributed by atoms with E-state index in [0.29, 0.717) is 12.1 Å². The number of rotatable bonds is 9. The number of aliphatic carboxylic acids is 1. The van der Waals surface area contributed by atoms with Crippen LogP contribution in [0.4, 0.5) is 0 Å². The first-order chi connectivity index (χ1) is 16.1. The maximum atomic E-state index is 12.8. The Kier molecular flexibility index (Phi) is 8.24. The smallest absolute Gasteiger partial charge is 0.320 e. The van der Waals surface area contributed by atoms with Crippen LogP contribution in [0.5, 0.6) is 0 Å². The van der Waals surface area contributed by atoms with Crippen molar-refractivity contribution >= 4 is 11.9 Å². The molecule has 34 heavy (non-hydrogen) atoms. The molecule has 0 spiro atoms. The van der Waals surface area contributed by atoms with Crippen LogP contribution in [0, 0.1) is 5.41 Å². The summed E-state index contributed by atoms with van der Waals surface area (Å²) >= 11 is 0. The van der Waals surface area contributed by atoms with Crippen LogP contribution in [0.25, 0.3) is 11.1 Å². The first kappa shape index (κ1) is 25.2. The highest BCUT2D eigenvalue weighted by Crippen LogP contribution is 2.32. The van der Waals surface area contributed by atoms with Crippen LogP contribution in [0.2, 0.25) is 0 Å². The molecule has 3 rings (SSSR count). The number of carboxylic acids is 1. The fourth-order valence-corrected chi connectivity index (χ4v) is 4.08. The van der Waals surface area contributed by atoms with E-state index < -0.39 is 12.0 Å². The fourth-order valence-electron chi connectivity index (χ4n) is 4.08. The molecule has 0 aliphatic carbocycles. The van der Waals surface area contributed by atoms with E-state index in [-0.39, 0.29) is 23.7 Å². The van der Waals surface area contributed by atoms with E-state index in [1.807, 2.05) is 18.2 Å². The molecule has 0 fully saturated rings. The maximum Gasteiger partial charge on any atom is 0.320 e. The summed E-state index contributed by atoms with van der Waals surface area (Å²) in [5, 5.41) is 12.1. The standard InChI is InChI=1S/C29H34N2O3/c1-29(2,3)18-25(23-15-13-22(14-16-23)21-7-5-4-6-8-21)19-31-27(32)24-11-9-20(10-12-24)17-26(30)28(33)34/h4-16,25-26H,17-19,30H2,1-3H3,(H,31,32)(H,33,34)/t25-,26-/m0/s1. The van der Waals surface area contributed by atoms with Gasteiger partial charge in [-0.05, 0) is 52.6 Å². The van der Waals surface area contributed by atoms with Gasteiger partial charge in [0.05, 0.1) is 0 Å². The summed E-state index contributed by atoms with van der Waals surface area (Å²) < 4.78 is 0. The monoisotopic (exact) mass is 458 g/mol. The molecule has 2 atom stereocenters. The molecular weight excluding hydrogens is 424 g/mol. The van der Waals surface area contributed by atoms with E-state index in [1.54, 1.807) is 24.3 Å². The second kappa shape index (κ2) is 11.1. The predicted molar refractivity (Wildman–Crippen MR) is 137 cm³/mol. The Morgan fingerprint density at radius 3 is 2.03 bits per heavy atom. The molecule has 1 amide bonds. The first-order valence-corrected chi connectivity index (χ1v) is 11.6. The maximum absolute atomic E-state index is 12.8. The number of carbonyl (C=O) groups excluding carboxylic acids is 1. The van der Waals surface area contributed by atoms with E-state index in [4.69, 9.17) is 10.8 Å². The van der Waals surface area contributed by atoms with Crippen molar-refractivity contribution in [3.63, 3.8) is 0 Å². The third kappa shape index (κ3) is 7.29. The van der Waals surface area contributed by atoms with Gasteiger partial charge in [0.1, 0.15) is 6.04 Å². The second-order valence-corrected chi connectivity index (χ2v) is 10.0. The number of carbonyl (C=O) groups is 2. The van der Waals surface area contributed by atoms with Gasteiger partial charge >= 0.3 is 5.97 Å². The minimum Gasteiger partial charge on any atom is -0.480 e. The molecule has 0 heterocycles. The third-order valence-corrected chi connectivity index (χ3v) is 5.85.